The largest absolute Gasteiger partial charge is 0.455 e. The number of nitrogens with zero attached hydrogens (tertiary/aromatic N) is 2. The molecule has 1 amide bonds. The minimum atomic E-state index is -0.241. The van der Waals surface area contributed by atoms with Crippen LogP contribution in [-0.4, -0.2) is 43.5 Å². The molecule has 154 valence electrons. The molecule has 30 heavy (non-hydrogen) atoms. The van der Waals surface area contributed by atoms with Crippen molar-refractivity contribution >= 4 is 17.3 Å². The monoisotopic (exact) mass is 405 g/mol. The Hall–Kier alpha value is -3.54. The van der Waals surface area contributed by atoms with Crippen molar-refractivity contribution in [1.82, 2.24) is 4.90 Å². The van der Waals surface area contributed by atoms with Crippen molar-refractivity contribution in [1.29, 1.82) is 0 Å². The number of amides is 1. The number of para-hydroxylation sites is 3. The number of rotatable bonds is 6. The summed E-state index contributed by atoms with van der Waals surface area (Å²) in [6, 6.07) is 23.6. The Morgan fingerprint density at radius 1 is 0.867 bits per heavy atom. The second kappa shape index (κ2) is 9.31. The number of nitrogens with one attached hydrogen (secondary N) is 1. The summed E-state index contributed by atoms with van der Waals surface area (Å²) in [5.74, 6) is 1.23. The van der Waals surface area contributed by atoms with Crippen LogP contribution in [0.1, 0.15) is 0 Å². The zero-order valence-electron chi connectivity index (χ0n) is 16.6. The summed E-state index contributed by atoms with van der Waals surface area (Å²) < 4.78 is 19.0. The Morgan fingerprint density at radius 3 is 2.27 bits per heavy atom. The first-order valence-electron chi connectivity index (χ1n) is 10.0. The van der Waals surface area contributed by atoms with Gasteiger partial charge in [-0.15, -0.1) is 0 Å². The highest BCUT2D eigenvalue weighted by Gasteiger charge is 2.21. The number of halogens is 1. The molecular formula is C24H24FN3O2. The van der Waals surface area contributed by atoms with Crippen LogP contribution in [0.5, 0.6) is 11.5 Å². The summed E-state index contributed by atoms with van der Waals surface area (Å²) in [6.45, 7) is 2.93. The van der Waals surface area contributed by atoms with E-state index >= 15 is 0 Å². The van der Waals surface area contributed by atoms with Crippen molar-refractivity contribution in [3.05, 3.63) is 84.7 Å². The van der Waals surface area contributed by atoms with Crippen LogP contribution in [0.15, 0.2) is 78.9 Å². The van der Waals surface area contributed by atoms with Gasteiger partial charge in [0.2, 0.25) is 5.91 Å². The third-order valence-corrected chi connectivity index (χ3v) is 5.11. The van der Waals surface area contributed by atoms with Gasteiger partial charge in [0.05, 0.1) is 12.2 Å². The number of anilines is 2. The summed E-state index contributed by atoms with van der Waals surface area (Å²) in [5.41, 5.74) is 1.76. The molecule has 1 heterocycles. The lowest BCUT2D eigenvalue weighted by Crippen LogP contribution is -2.50. The highest BCUT2D eigenvalue weighted by molar-refractivity contribution is 5.81. The van der Waals surface area contributed by atoms with E-state index in [0.29, 0.717) is 18.8 Å². The highest BCUT2D eigenvalue weighted by Crippen LogP contribution is 2.29. The van der Waals surface area contributed by atoms with Gasteiger partial charge in [-0.2, -0.15) is 0 Å². The van der Waals surface area contributed by atoms with Crippen LogP contribution in [-0.2, 0) is 4.79 Å². The lowest BCUT2D eigenvalue weighted by Gasteiger charge is -2.36. The van der Waals surface area contributed by atoms with E-state index in [-0.39, 0.29) is 18.3 Å². The SMILES string of the molecule is O=C(CNc1ccccc1Oc1ccccc1)N1CCN(c2ccc(F)cc2)CC1. The predicted molar refractivity (Wildman–Crippen MR) is 117 cm³/mol. The molecule has 5 nitrogen and oxygen atoms in total. The van der Waals surface area contributed by atoms with Crippen LogP contribution in [0.4, 0.5) is 15.8 Å². The molecule has 1 aliphatic heterocycles. The average molecular weight is 405 g/mol. The van der Waals surface area contributed by atoms with E-state index in [1.807, 2.05) is 59.5 Å². The van der Waals surface area contributed by atoms with Crippen LogP contribution in [0.3, 0.4) is 0 Å². The summed E-state index contributed by atoms with van der Waals surface area (Å²) >= 11 is 0. The van der Waals surface area contributed by atoms with E-state index in [9.17, 15) is 9.18 Å². The fourth-order valence-corrected chi connectivity index (χ4v) is 3.47. The maximum atomic E-state index is 13.1. The molecule has 0 saturated carbocycles. The third kappa shape index (κ3) is 4.89. The first-order valence-corrected chi connectivity index (χ1v) is 10.0. The van der Waals surface area contributed by atoms with Crippen LogP contribution in [0, 0.1) is 5.82 Å². The molecule has 0 radical (unpaired) electrons. The molecule has 0 aliphatic carbocycles. The maximum Gasteiger partial charge on any atom is 0.241 e. The lowest BCUT2D eigenvalue weighted by molar-refractivity contribution is -0.129. The predicted octanol–water partition coefficient (Wildman–Crippen LogP) is 4.38. The van der Waals surface area contributed by atoms with E-state index in [4.69, 9.17) is 4.74 Å². The van der Waals surface area contributed by atoms with Crippen molar-refractivity contribution in [3.8, 4) is 11.5 Å². The second-order valence-corrected chi connectivity index (χ2v) is 7.11. The molecule has 0 atom stereocenters. The molecule has 6 heteroatoms. The van der Waals surface area contributed by atoms with Gasteiger partial charge < -0.3 is 19.9 Å². The molecule has 4 rings (SSSR count). The molecular weight excluding hydrogens is 381 g/mol. The molecule has 3 aromatic rings. The van der Waals surface area contributed by atoms with Crippen LogP contribution >= 0.6 is 0 Å². The van der Waals surface area contributed by atoms with Gasteiger partial charge in [-0.1, -0.05) is 30.3 Å². The number of hydrogen-bond acceptors (Lipinski definition) is 4. The summed E-state index contributed by atoms with van der Waals surface area (Å²) in [4.78, 5) is 16.7. The van der Waals surface area contributed by atoms with Gasteiger partial charge in [-0.05, 0) is 48.5 Å². The van der Waals surface area contributed by atoms with Crippen molar-refractivity contribution in [2.24, 2.45) is 0 Å². The molecule has 0 bridgehead atoms. The summed E-state index contributed by atoms with van der Waals surface area (Å²) in [6.07, 6.45) is 0. The normalized spacial score (nSPS) is 13.8. The van der Waals surface area contributed by atoms with E-state index in [2.05, 4.69) is 10.2 Å². The third-order valence-electron chi connectivity index (χ3n) is 5.11. The van der Waals surface area contributed by atoms with Crippen molar-refractivity contribution in [3.63, 3.8) is 0 Å². The van der Waals surface area contributed by atoms with Gasteiger partial charge >= 0.3 is 0 Å². The lowest BCUT2D eigenvalue weighted by atomic mass is 10.2. The average Bonchev–Trinajstić information content (AvgIpc) is 2.80. The maximum absolute atomic E-state index is 13.1. The first kappa shape index (κ1) is 19.8. The minimum Gasteiger partial charge on any atom is -0.455 e. The summed E-state index contributed by atoms with van der Waals surface area (Å²) in [5, 5.41) is 3.21. The molecule has 1 saturated heterocycles. The van der Waals surface area contributed by atoms with E-state index in [1.54, 1.807) is 12.1 Å². The van der Waals surface area contributed by atoms with E-state index in [1.165, 1.54) is 12.1 Å². The van der Waals surface area contributed by atoms with E-state index < -0.39 is 0 Å². The number of carbonyl (C=O) groups is 1. The molecule has 1 aliphatic rings. The number of piperazine rings is 1. The zero-order valence-corrected chi connectivity index (χ0v) is 16.6. The fraction of sp³-hybridized carbons (Fsp3) is 0.208. The Kier molecular flexibility index (Phi) is 6.13. The Balaban J connectivity index is 1.31. The molecule has 0 aromatic heterocycles. The topological polar surface area (TPSA) is 44.8 Å². The van der Waals surface area contributed by atoms with Crippen molar-refractivity contribution in [2.45, 2.75) is 0 Å². The molecule has 0 unspecified atom stereocenters. The number of carbonyl (C=O) groups excluding carboxylic acids is 1. The zero-order chi connectivity index (χ0) is 20.8. The second-order valence-electron chi connectivity index (χ2n) is 7.11. The van der Waals surface area contributed by atoms with Crippen molar-refractivity contribution in [2.75, 3.05) is 42.9 Å². The Morgan fingerprint density at radius 2 is 1.53 bits per heavy atom. The highest BCUT2D eigenvalue weighted by atomic mass is 19.1. The van der Waals surface area contributed by atoms with Gasteiger partial charge in [-0.3, -0.25) is 4.79 Å². The van der Waals surface area contributed by atoms with Crippen LogP contribution < -0.4 is 15.0 Å². The van der Waals surface area contributed by atoms with Gasteiger partial charge in [0.25, 0.3) is 0 Å². The fourth-order valence-electron chi connectivity index (χ4n) is 3.47. The summed E-state index contributed by atoms with van der Waals surface area (Å²) in [7, 11) is 0. The molecule has 0 spiro atoms. The van der Waals surface area contributed by atoms with Gasteiger partial charge in [-0.25, -0.2) is 4.39 Å². The number of hydrogen-bond donors (Lipinski definition) is 1. The van der Waals surface area contributed by atoms with Crippen LogP contribution in [0.2, 0.25) is 0 Å². The minimum absolute atomic E-state index is 0.0447. The van der Waals surface area contributed by atoms with Crippen LogP contribution in [0.25, 0.3) is 0 Å². The Labute approximate surface area is 175 Å². The Bertz CT molecular complexity index is 971. The smallest absolute Gasteiger partial charge is 0.241 e. The first-order chi connectivity index (χ1) is 14.7. The number of ether oxygens (including phenoxy) is 1. The quantitative estimate of drug-likeness (QED) is 0.661. The van der Waals surface area contributed by atoms with Gasteiger partial charge in [0.15, 0.2) is 5.75 Å². The van der Waals surface area contributed by atoms with Gasteiger partial charge in [0, 0.05) is 31.9 Å². The molecule has 1 N–H and O–H groups in total. The standard InChI is InChI=1S/C24H24FN3O2/c25-19-10-12-20(13-11-19)27-14-16-28(17-15-27)24(29)18-26-22-8-4-5-9-23(22)30-21-6-2-1-3-7-21/h1-13,26H,14-18H2. The van der Waals surface area contributed by atoms with E-state index in [0.717, 1.165) is 30.2 Å². The van der Waals surface area contributed by atoms with Crippen molar-refractivity contribution < 1.29 is 13.9 Å². The van der Waals surface area contributed by atoms with Gasteiger partial charge in [0.1, 0.15) is 11.6 Å². The molecule has 1 fully saturated rings. The number of benzene rings is 3. The molecule has 3 aromatic carbocycles.